The van der Waals surface area contributed by atoms with Gasteiger partial charge < -0.3 is 19.0 Å². The normalized spacial score (nSPS) is 11.4. The minimum Gasteiger partial charge on any atom is -0.872 e. The first-order valence-electron chi connectivity index (χ1n) is 13.3. The van der Waals surface area contributed by atoms with Crippen LogP contribution in [-0.2, 0) is 16.8 Å². The fraction of sp³-hybridized carbons (Fsp3) is 0. The van der Waals surface area contributed by atoms with Crippen LogP contribution in [0.5, 0.6) is 11.5 Å². The number of hydrogen-bond donors (Lipinski definition) is 0. The Kier molecular flexibility index (Phi) is 11.0. The van der Waals surface area contributed by atoms with Gasteiger partial charge in [0.2, 0.25) is 0 Å². The molecule has 2 heterocycles. The maximum Gasteiger partial charge on any atom is 2.00 e. The Labute approximate surface area is 275 Å². The summed E-state index contributed by atoms with van der Waals surface area (Å²) in [5.74, 6) is -0.645. The van der Waals surface area contributed by atoms with Crippen molar-refractivity contribution in [2.75, 3.05) is 0 Å². The molecule has 0 unspecified atom stereocenters. The molecule has 0 spiro atoms. The first-order chi connectivity index (χ1) is 22.3. The van der Waals surface area contributed by atoms with Crippen molar-refractivity contribution in [2.45, 2.75) is 0 Å². The second-order valence-corrected chi connectivity index (χ2v) is 9.24. The standard InChI is InChI=1S/2C16H11N3O4.Co/c2*20-15-7-5-11-3-1-2-4-13(11)14(15)10-18-17-9-12-6-8-16(23-12)19(21)22;/h2*1-10,20H;/q;;+2/p-2/b2*17-9+,18-10+;. The van der Waals surface area contributed by atoms with Gasteiger partial charge >= 0.3 is 28.5 Å². The largest absolute Gasteiger partial charge is 2.00 e. The Morgan fingerprint density at radius 2 is 0.894 bits per heavy atom. The van der Waals surface area contributed by atoms with E-state index in [2.05, 4.69) is 20.4 Å². The van der Waals surface area contributed by atoms with Crippen LogP contribution in [-0.4, -0.2) is 34.7 Å². The molecule has 0 saturated heterocycles. The first kappa shape index (κ1) is 33.4. The van der Waals surface area contributed by atoms with Gasteiger partial charge in [-0.15, -0.1) is 0 Å². The zero-order chi connectivity index (χ0) is 32.5. The molecule has 15 heteroatoms. The first-order valence-corrected chi connectivity index (χ1v) is 13.3. The molecule has 6 aromatic rings. The Hall–Kier alpha value is -6.45. The van der Waals surface area contributed by atoms with Gasteiger partial charge in [-0.2, -0.15) is 20.4 Å². The quantitative estimate of drug-likeness (QED) is 0.110. The molecule has 0 aliphatic rings. The predicted molar refractivity (Wildman–Crippen MR) is 168 cm³/mol. The maximum absolute atomic E-state index is 11.9. The van der Waals surface area contributed by atoms with Gasteiger partial charge in [0.25, 0.3) is 0 Å². The number of rotatable bonds is 8. The SMILES string of the molecule is O=[N+]([O-])c1ccc(/C=N/N=C/c2c([O-])ccc3ccccc23)o1.O=[N+]([O-])c1ccc(/C=N/N=C/c2c([O-])ccc3ccccc23)o1.[Co+2]. The third-order valence-corrected chi connectivity index (χ3v) is 6.32. The average molecular weight is 675 g/mol. The van der Waals surface area contributed by atoms with Gasteiger partial charge in [-0.3, -0.25) is 20.2 Å². The van der Waals surface area contributed by atoms with Crippen molar-refractivity contribution in [1.29, 1.82) is 0 Å². The molecule has 1 radical (unpaired) electrons. The van der Waals surface area contributed by atoms with Crippen molar-refractivity contribution in [3.8, 4) is 11.5 Å². The zero-order valence-electron chi connectivity index (χ0n) is 23.8. The van der Waals surface area contributed by atoms with Crippen LogP contribution in [0.1, 0.15) is 22.6 Å². The number of fused-ring (bicyclic) bond motifs is 2. The van der Waals surface area contributed by atoms with Gasteiger partial charge in [-0.1, -0.05) is 84.3 Å². The summed E-state index contributed by atoms with van der Waals surface area (Å²) in [5, 5.41) is 63.4. The van der Waals surface area contributed by atoms with Crippen molar-refractivity contribution in [2.24, 2.45) is 20.4 Å². The Morgan fingerprint density at radius 3 is 1.28 bits per heavy atom. The molecule has 2 aromatic heterocycles. The molecule has 235 valence electrons. The molecule has 4 aromatic carbocycles. The van der Waals surface area contributed by atoms with Crippen molar-refractivity contribution in [3.05, 3.63) is 140 Å². The molecule has 47 heavy (non-hydrogen) atoms. The second kappa shape index (κ2) is 15.5. The van der Waals surface area contributed by atoms with Gasteiger partial charge in [0.1, 0.15) is 9.85 Å². The summed E-state index contributed by atoms with van der Waals surface area (Å²) in [6.45, 7) is 0. The average Bonchev–Trinajstić information content (AvgIpc) is 3.74. The number of nitrogens with zero attached hydrogens (tertiary/aromatic N) is 6. The van der Waals surface area contributed by atoms with Crippen LogP contribution < -0.4 is 10.2 Å². The fourth-order valence-electron chi connectivity index (χ4n) is 4.20. The minimum absolute atomic E-state index is 0. The maximum atomic E-state index is 11.9. The van der Waals surface area contributed by atoms with E-state index < -0.39 is 9.85 Å². The molecule has 0 fully saturated rings. The van der Waals surface area contributed by atoms with E-state index in [4.69, 9.17) is 8.83 Å². The van der Waals surface area contributed by atoms with Crippen LogP contribution in [0.2, 0.25) is 0 Å². The van der Waals surface area contributed by atoms with Crippen molar-refractivity contribution >= 4 is 58.2 Å². The van der Waals surface area contributed by atoms with Gasteiger partial charge in [0.05, 0.1) is 37.0 Å². The Balaban J connectivity index is 0.000000208. The van der Waals surface area contributed by atoms with Crippen LogP contribution in [0.4, 0.5) is 11.8 Å². The summed E-state index contributed by atoms with van der Waals surface area (Å²) in [5.41, 5.74) is 0.872. The summed E-state index contributed by atoms with van der Waals surface area (Å²) >= 11 is 0. The van der Waals surface area contributed by atoms with Crippen molar-refractivity contribution in [1.82, 2.24) is 0 Å². The van der Waals surface area contributed by atoms with E-state index in [9.17, 15) is 30.4 Å². The molecule has 0 N–H and O–H groups in total. The number of furan rings is 2. The van der Waals surface area contributed by atoms with Crippen LogP contribution in [0.25, 0.3) is 21.5 Å². The Morgan fingerprint density at radius 1 is 0.511 bits per heavy atom. The molecule has 0 bridgehead atoms. The molecular weight excluding hydrogens is 655 g/mol. The third kappa shape index (κ3) is 8.38. The zero-order valence-corrected chi connectivity index (χ0v) is 24.9. The summed E-state index contributed by atoms with van der Waals surface area (Å²) < 4.78 is 9.81. The predicted octanol–water partition coefficient (Wildman–Crippen LogP) is 5.73. The van der Waals surface area contributed by atoms with Gasteiger partial charge in [-0.05, 0) is 44.8 Å². The van der Waals surface area contributed by atoms with Gasteiger partial charge in [0, 0.05) is 0 Å². The molecule has 0 saturated carbocycles. The number of benzene rings is 4. The molecular formula is C32H20CoN6O8. The van der Waals surface area contributed by atoms with Crippen LogP contribution >= 0.6 is 0 Å². The molecule has 0 amide bonds. The summed E-state index contributed by atoms with van der Waals surface area (Å²) in [6.07, 6.45) is 5.19. The molecule has 0 aliphatic heterocycles. The van der Waals surface area contributed by atoms with E-state index in [0.29, 0.717) is 11.1 Å². The molecule has 6 rings (SSSR count). The topological polar surface area (TPSA) is 208 Å². The molecule has 0 atom stereocenters. The molecule has 0 aliphatic carbocycles. The van der Waals surface area contributed by atoms with Crippen molar-refractivity contribution in [3.63, 3.8) is 0 Å². The number of hydrogen-bond acceptors (Lipinski definition) is 12. The minimum atomic E-state index is -0.638. The second-order valence-electron chi connectivity index (χ2n) is 9.24. The van der Waals surface area contributed by atoms with Crippen LogP contribution in [0, 0.1) is 20.2 Å². The number of nitro groups is 2. The van der Waals surface area contributed by atoms with E-state index in [1.165, 1.54) is 61.3 Å². The van der Waals surface area contributed by atoms with Gasteiger partial charge in [0.15, 0.2) is 11.5 Å². The summed E-state index contributed by atoms with van der Waals surface area (Å²) in [6, 6.07) is 26.6. The summed E-state index contributed by atoms with van der Waals surface area (Å²) in [7, 11) is 0. The smallest absolute Gasteiger partial charge is 0.872 e. The summed E-state index contributed by atoms with van der Waals surface area (Å²) in [4.78, 5) is 19.7. The van der Waals surface area contributed by atoms with Crippen LogP contribution in [0.3, 0.4) is 0 Å². The third-order valence-electron chi connectivity index (χ3n) is 6.32. The van der Waals surface area contributed by atoms with E-state index in [-0.39, 0.29) is 51.6 Å². The fourth-order valence-corrected chi connectivity index (χ4v) is 4.20. The van der Waals surface area contributed by atoms with E-state index in [1.54, 1.807) is 12.1 Å². The van der Waals surface area contributed by atoms with E-state index in [1.807, 2.05) is 48.5 Å². The molecule has 14 nitrogen and oxygen atoms in total. The van der Waals surface area contributed by atoms with Crippen LogP contribution in [0.15, 0.2) is 126 Å². The van der Waals surface area contributed by atoms with E-state index >= 15 is 0 Å². The van der Waals surface area contributed by atoms with Gasteiger partial charge in [-0.25, -0.2) is 0 Å². The monoisotopic (exact) mass is 675 g/mol. The Bertz CT molecular complexity index is 2020. The van der Waals surface area contributed by atoms with E-state index in [0.717, 1.165) is 21.5 Å². The van der Waals surface area contributed by atoms with Crippen molar-refractivity contribution < 1.29 is 45.7 Å².